The lowest BCUT2D eigenvalue weighted by Crippen LogP contribution is -2.25. The van der Waals surface area contributed by atoms with Crippen molar-refractivity contribution in [1.29, 1.82) is 0 Å². The number of ether oxygens (including phenoxy) is 2. The van der Waals surface area contributed by atoms with Crippen LogP contribution in [0.4, 0.5) is 0 Å². The molecule has 0 bridgehead atoms. The summed E-state index contributed by atoms with van der Waals surface area (Å²) in [6.45, 7) is 12.1. The van der Waals surface area contributed by atoms with Crippen LogP contribution in [0.15, 0.2) is 18.2 Å². The Bertz CT molecular complexity index is 494. The van der Waals surface area contributed by atoms with E-state index in [2.05, 4.69) is 52.1 Å². The van der Waals surface area contributed by atoms with E-state index in [9.17, 15) is 0 Å². The third-order valence-corrected chi connectivity index (χ3v) is 5.54. The van der Waals surface area contributed by atoms with Gasteiger partial charge < -0.3 is 14.8 Å². The highest BCUT2D eigenvalue weighted by atomic mass is 16.5. The first-order valence-electron chi connectivity index (χ1n) is 7.67. The normalized spacial score (nSPS) is 21.1. The third kappa shape index (κ3) is 2.82. The lowest BCUT2D eigenvalue weighted by Gasteiger charge is -2.18. The summed E-state index contributed by atoms with van der Waals surface area (Å²) in [5.41, 5.74) is 3.08. The number of nitrogens with one attached hydrogen (secondary N) is 1. The van der Waals surface area contributed by atoms with E-state index < -0.39 is 0 Å². The van der Waals surface area contributed by atoms with E-state index in [-0.39, 0.29) is 0 Å². The molecule has 0 heterocycles. The molecule has 118 valence electrons. The van der Waals surface area contributed by atoms with Gasteiger partial charge in [-0.05, 0) is 35.4 Å². The fourth-order valence-corrected chi connectivity index (χ4v) is 3.30. The van der Waals surface area contributed by atoms with E-state index in [0.717, 1.165) is 11.3 Å². The molecule has 1 aromatic rings. The van der Waals surface area contributed by atoms with Crippen molar-refractivity contribution in [2.45, 2.75) is 53.3 Å². The average molecular weight is 291 g/mol. The molecule has 1 saturated carbocycles. The summed E-state index contributed by atoms with van der Waals surface area (Å²) < 4.78 is 10.7. The van der Waals surface area contributed by atoms with Crippen molar-refractivity contribution in [2.24, 2.45) is 10.8 Å². The van der Waals surface area contributed by atoms with Crippen LogP contribution in [0.5, 0.6) is 5.75 Å². The monoisotopic (exact) mass is 291 g/mol. The first-order valence-corrected chi connectivity index (χ1v) is 7.67. The van der Waals surface area contributed by atoms with Gasteiger partial charge in [-0.15, -0.1) is 0 Å². The second-order valence-electron chi connectivity index (χ2n) is 7.27. The fraction of sp³-hybridized carbons (Fsp3) is 0.667. The van der Waals surface area contributed by atoms with Crippen LogP contribution in [0.3, 0.4) is 0 Å². The van der Waals surface area contributed by atoms with Gasteiger partial charge >= 0.3 is 0 Å². The van der Waals surface area contributed by atoms with Crippen LogP contribution in [-0.2, 0) is 11.3 Å². The first kappa shape index (κ1) is 16.3. The van der Waals surface area contributed by atoms with Crippen LogP contribution in [0.25, 0.3) is 0 Å². The zero-order valence-electron chi connectivity index (χ0n) is 14.4. The standard InChI is InChI=1S/C18H29NO2/c1-12(19-16-17(2,3)18(16,4)5)13-8-9-15(21-7)14(10-13)11-20-6/h8-10,12,16,19H,11H2,1-7H3. The van der Waals surface area contributed by atoms with Gasteiger partial charge in [0.1, 0.15) is 5.75 Å². The molecule has 0 aliphatic heterocycles. The van der Waals surface area contributed by atoms with Gasteiger partial charge in [-0.1, -0.05) is 33.8 Å². The van der Waals surface area contributed by atoms with Gasteiger partial charge in [0.15, 0.2) is 0 Å². The number of rotatable bonds is 6. The van der Waals surface area contributed by atoms with Crippen LogP contribution in [0, 0.1) is 10.8 Å². The highest BCUT2D eigenvalue weighted by molar-refractivity contribution is 5.38. The Hall–Kier alpha value is -1.06. The Balaban J connectivity index is 2.13. The molecule has 1 fully saturated rings. The van der Waals surface area contributed by atoms with Gasteiger partial charge in [0.25, 0.3) is 0 Å². The Morgan fingerprint density at radius 1 is 1.14 bits per heavy atom. The van der Waals surface area contributed by atoms with Crippen LogP contribution in [-0.4, -0.2) is 20.3 Å². The van der Waals surface area contributed by atoms with Gasteiger partial charge in [0, 0.05) is 24.8 Å². The number of benzene rings is 1. The second kappa shape index (κ2) is 5.62. The Kier molecular flexibility index (Phi) is 4.36. The molecule has 1 aliphatic carbocycles. The number of hydrogen-bond acceptors (Lipinski definition) is 3. The molecule has 0 aromatic heterocycles. The summed E-state index contributed by atoms with van der Waals surface area (Å²) in [5, 5.41) is 3.78. The minimum atomic E-state index is 0.317. The van der Waals surface area contributed by atoms with E-state index in [1.807, 2.05) is 6.07 Å². The molecule has 21 heavy (non-hydrogen) atoms. The van der Waals surface area contributed by atoms with Crippen molar-refractivity contribution < 1.29 is 9.47 Å². The van der Waals surface area contributed by atoms with Crippen LogP contribution in [0.1, 0.15) is 51.8 Å². The number of hydrogen-bond donors (Lipinski definition) is 1. The van der Waals surface area contributed by atoms with Crippen molar-refractivity contribution in [2.75, 3.05) is 14.2 Å². The minimum Gasteiger partial charge on any atom is -0.496 e. The van der Waals surface area contributed by atoms with Crippen molar-refractivity contribution in [1.82, 2.24) is 5.32 Å². The molecule has 3 heteroatoms. The zero-order valence-corrected chi connectivity index (χ0v) is 14.4. The maximum absolute atomic E-state index is 5.39. The molecule has 3 nitrogen and oxygen atoms in total. The Morgan fingerprint density at radius 2 is 1.76 bits per heavy atom. The second-order valence-corrected chi connectivity index (χ2v) is 7.27. The van der Waals surface area contributed by atoms with Crippen molar-refractivity contribution in [3.8, 4) is 5.75 Å². The quantitative estimate of drug-likeness (QED) is 0.861. The third-order valence-electron chi connectivity index (χ3n) is 5.54. The van der Waals surface area contributed by atoms with E-state index in [1.54, 1.807) is 14.2 Å². The van der Waals surface area contributed by atoms with Crippen molar-refractivity contribution in [3.63, 3.8) is 0 Å². The lowest BCUT2D eigenvalue weighted by atomic mass is 10.0. The zero-order chi connectivity index (χ0) is 15.8. The molecule has 1 aliphatic rings. The molecule has 0 saturated heterocycles. The van der Waals surface area contributed by atoms with Gasteiger partial charge in [-0.2, -0.15) is 0 Å². The largest absolute Gasteiger partial charge is 0.496 e. The van der Waals surface area contributed by atoms with Gasteiger partial charge in [-0.3, -0.25) is 0 Å². The molecule has 1 unspecified atom stereocenters. The highest BCUT2D eigenvalue weighted by Gasteiger charge is 2.64. The summed E-state index contributed by atoms with van der Waals surface area (Å²) in [4.78, 5) is 0. The van der Waals surface area contributed by atoms with E-state index >= 15 is 0 Å². The molecule has 1 aromatic carbocycles. The highest BCUT2D eigenvalue weighted by Crippen LogP contribution is 2.63. The summed E-state index contributed by atoms with van der Waals surface area (Å²) in [6, 6.07) is 7.22. The van der Waals surface area contributed by atoms with Crippen LogP contribution >= 0.6 is 0 Å². The lowest BCUT2D eigenvalue weighted by molar-refractivity contribution is 0.181. The Morgan fingerprint density at radius 3 is 2.24 bits per heavy atom. The maximum atomic E-state index is 5.39. The SMILES string of the molecule is COCc1cc(C(C)NC2C(C)(C)C2(C)C)ccc1OC. The number of methoxy groups -OCH3 is 2. The van der Waals surface area contributed by atoms with Crippen LogP contribution < -0.4 is 10.1 Å². The van der Waals surface area contributed by atoms with E-state index in [4.69, 9.17) is 9.47 Å². The van der Waals surface area contributed by atoms with Gasteiger partial charge in [0.05, 0.1) is 13.7 Å². The molecule has 1 atom stereocenters. The summed E-state index contributed by atoms with van der Waals surface area (Å²) in [7, 11) is 3.41. The molecule has 0 amide bonds. The van der Waals surface area contributed by atoms with E-state index in [0.29, 0.717) is 29.5 Å². The van der Waals surface area contributed by atoms with Crippen molar-refractivity contribution in [3.05, 3.63) is 29.3 Å². The van der Waals surface area contributed by atoms with E-state index in [1.165, 1.54) is 5.56 Å². The first-order chi connectivity index (χ1) is 9.75. The summed E-state index contributed by atoms with van der Waals surface area (Å²) >= 11 is 0. The fourth-order valence-electron chi connectivity index (χ4n) is 3.30. The average Bonchev–Trinajstić information content (AvgIpc) is 2.81. The molecule has 0 spiro atoms. The molecule has 2 rings (SSSR count). The Labute approximate surface area is 129 Å². The molecular weight excluding hydrogens is 262 g/mol. The van der Waals surface area contributed by atoms with Crippen LogP contribution in [0.2, 0.25) is 0 Å². The topological polar surface area (TPSA) is 30.5 Å². The van der Waals surface area contributed by atoms with Gasteiger partial charge in [0.2, 0.25) is 0 Å². The smallest absolute Gasteiger partial charge is 0.124 e. The maximum Gasteiger partial charge on any atom is 0.124 e. The molecule has 1 N–H and O–H groups in total. The molecule has 0 radical (unpaired) electrons. The predicted octanol–water partition coefficient (Wildman–Crippen LogP) is 3.93. The summed E-state index contributed by atoms with van der Waals surface area (Å²) in [5.74, 6) is 0.889. The predicted molar refractivity (Wildman–Crippen MR) is 86.6 cm³/mol. The van der Waals surface area contributed by atoms with Gasteiger partial charge in [-0.25, -0.2) is 0 Å². The minimum absolute atomic E-state index is 0.317. The summed E-state index contributed by atoms with van der Waals surface area (Å²) in [6.07, 6.45) is 0. The van der Waals surface area contributed by atoms with Crippen molar-refractivity contribution >= 4 is 0 Å². The molecular formula is C18H29NO2.